The quantitative estimate of drug-likeness (QED) is 0.612. The van der Waals surface area contributed by atoms with Gasteiger partial charge in [-0.2, -0.15) is 10.2 Å². The molecule has 5 nitrogen and oxygen atoms in total. The Morgan fingerprint density at radius 3 is 2.56 bits per heavy atom. The Kier molecular flexibility index (Phi) is 6.28. The van der Waals surface area contributed by atoms with Gasteiger partial charge < -0.3 is 10.6 Å². The zero-order valence-electron chi connectivity index (χ0n) is 16.2. The topological polar surface area (TPSA) is 65.8 Å². The van der Waals surface area contributed by atoms with Gasteiger partial charge in [0.15, 0.2) is 5.66 Å². The maximum atomic E-state index is 12.4. The van der Waals surface area contributed by atoms with Crippen molar-refractivity contribution < 1.29 is 4.79 Å². The highest BCUT2D eigenvalue weighted by atomic mass is 16.1. The van der Waals surface area contributed by atoms with Crippen LogP contribution in [0.1, 0.15) is 69.9 Å². The normalized spacial score (nSPS) is 20.0. The molecule has 2 N–H and O–H groups in total. The smallest absolute Gasteiger partial charge is 0.220 e. The number of carbonyl (C=O) groups is 1. The summed E-state index contributed by atoms with van der Waals surface area (Å²) in [7, 11) is 0. The number of terminal acetylenes is 1. The molecule has 144 valence electrons. The molecule has 0 saturated heterocycles. The number of nitrogens with zero attached hydrogens (tertiary/aromatic N) is 2. The van der Waals surface area contributed by atoms with Gasteiger partial charge >= 0.3 is 0 Å². The molecule has 1 aromatic carbocycles. The Balaban J connectivity index is 1.48. The molecule has 1 atom stereocenters. The number of hydrogen-bond donors (Lipinski definition) is 2. The van der Waals surface area contributed by atoms with Crippen LogP contribution in [0.4, 0.5) is 0 Å². The zero-order valence-corrected chi connectivity index (χ0v) is 16.2. The Labute approximate surface area is 162 Å². The molecule has 2 aliphatic rings. The molecule has 1 aliphatic carbocycles. The lowest BCUT2D eigenvalue weighted by atomic mass is 9.94. The van der Waals surface area contributed by atoms with Crippen molar-refractivity contribution in [2.24, 2.45) is 10.2 Å². The third kappa shape index (κ3) is 5.40. The van der Waals surface area contributed by atoms with Gasteiger partial charge in [-0.3, -0.25) is 4.79 Å². The van der Waals surface area contributed by atoms with Crippen LogP contribution in [0.5, 0.6) is 0 Å². The van der Waals surface area contributed by atoms with Gasteiger partial charge in [0.05, 0.1) is 0 Å². The van der Waals surface area contributed by atoms with Crippen LogP contribution in [0.2, 0.25) is 0 Å². The first-order valence-corrected chi connectivity index (χ1v) is 10.0. The van der Waals surface area contributed by atoms with Crippen molar-refractivity contribution in [1.82, 2.24) is 10.6 Å². The molecule has 0 aromatic heterocycles. The summed E-state index contributed by atoms with van der Waals surface area (Å²) in [5.41, 5.74) is 0.886. The van der Waals surface area contributed by atoms with Crippen molar-refractivity contribution >= 4 is 5.91 Å². The van der Waals surface area contributed by atoms with Gasteiger partial charge in [0.1, 0.15) is 0 Å². The predicted molar refractivity (Wildman–Crippen MR) is 107 cm³/mol. The summed E-state index contributed by atoms with van der Waals surface area (Å²) in [6.07, 6.45) is 12.4. The number of hydrogen-bond acceptors (Lipinski definition) is 4. The summed E-state index contributed by atoms with van der Waals surface area (Å²) >= 11 is 0. The highest BCUT2D eigenvalue weighted by molar-refractivity contribution is 5.76. The van der Waals surface area contributed by atoms with E-state index in [4.69, 9.17) is 6.42 Å². The number of carbonyl (C=O) groups excluding carboxylic acids is 1. The fourth-order valence-electron chi connectivity index (χ4n) is 4.05. The van der Waals surface area contributed by atoms with E-state index in [1.54, 1.807) is 0 Å². The summed E-state index contributed by atoms with van der Waals surface area (Å²) in [6, 6.07) is 10.7. The minimum atomic E-state index is -0.380. The van der Waals surface area contributed by atoms with E-state index in [1.165, 1.54) is 18.4 Å². The molecular formula is C22H30N4O. The molecule has 1 heterocycles. The first-order valence-electron chi connectivity index (χ1n) is 10.0. The van der Waals surface area contributed by atoms with E-state index in [0.29, 0.717) is 25.8 Å². The molecule has 0 bridgehead atoms. The van der Waals surface area contributed by atoms with Crippen molar-refractivity contribution in [3.63, 3.8) is 0 Å². The summed E-state index contributed by atoms with van der Waals surface area (Å²) in [5, 5.41) is 15.2. The summed E-state index contributed by atoms with van der Waals surface area (Å²) < 4.78 is 0. The van der Waals surface area contributed by atoms with E-state index in [1.807, 2.05) is 6.07 Å². The second-order valence-electron chi connectivity index (χ2n) is 7.93. The predicted octanol–water partition coefficient (Wildman–Crippen LogP) is 4.12. The average Bonchev–Trinajstić information content (AvgIpc) is 3.33. The minimum Gasteiger partial charge on any atom is -0.354 e. The maximum Gasteiger partial charge on any atom is 0.220 e. The van der Waals surface area contributed by atoms with Crippen LogP contribution in [0.3, 0.4) is 0 Å². The van der Waals surface area contributed by atoms with Crippen LogP contribution < -0.4 is 10.6 Å². The van der Waals surface area contributed by atoms with Gasteiger partial charge in [-0.15, -0.1) is 12.3 Å². The molecular weight excluding hydrogens is 336 g/mol. The van der Waals surface area contributed by atoms with Crippen molar-refractivity contribution in [3.05, 3.63) is 35.9 Å². The third-order valence-corrected chi connectivity index (χ3v) is 5.81. The molecule has 1 aliphatic heterocycles. The van der Waals surface area contributed by atoms with Crippen molar-refractivity contribution in [1.29, 1.82) is 0 Å². The number of rotatable bonds is 10. The molecule has 0 spiro atoms. The van der Waals surface area contributed by atoms with Crippen LogP contribution >= 0.6 is 0 Å². The van der Waals surface area contributed by atoms with Gasteiger partial charge in [-0.25, -0.2) is 0 Å². The highest BCUT2D eigenvalue weighted by Crippen LogP contribution is 2.37. The molecule has 3 rings (SSSR count). The van der Waals surface area contributed by atoms with Crippen LogP contribution in [-0.2, 0) is 4.79 Å². The monoisotopic (exact) mass is 366 g/mol. The Bertz CT molecular complexity index is 695. The van der Waals surface area contributed by atoms with Gasteiger partial charge in [0.25, 0.3) is 0 Å². The van der Waals surface area contributed by atoms with Crippen molar-refractivity contribution in [3.8, 4) is 12.3 Å². The van der Waals surface area contributed by atoms with Crippen LogP contribution in [-0.4, -0.2) is 23.7 Å². The minimum absolute atomic E-state index is 0.0135. The molecule has 27 heavy (non-hydrogen) atoms. The Morgan fingerprint density at radius 1 is 1.22 bits per heavy atom. The van der Waals surface area contributed by atoms with Crippen LogP contribution in [0.25, 0.3) is 0 Å². The highest BCUT2D eigenvalue weighted by Gasteiger charge is 2.40. The van der Waals surface area contributed by atoms with E-state index in [9.17, 15) is 4.79 Å². The second-order valence-corrected chi connectivity index (χ2v) is 7.93. The lowest BCUT2D eigenvalue weighted by Gasteiger charge is -2.34. The molecule has 1 amide bonds. The molecule has 5 heteroatoms. The standard InChI is InChI=1S/C22H30N4O/c1-3-4-15-22(25-26-22)16-12-20(27)23-17-21(13-8-9-14-21)24-18(2)19-10-6-5-7-11-19/h1,5-7,10-11,18,24H,4,8-9,12-17H2,2H3,(H,23,27). The van der Waals surface area contributed by atoms with Crippen molar-refractivity contribution in [2.75, 3.05) is 6.54 Å². The SMILES string of the molecule is C#CCCC1(CCC(=O)NCC2(NC(C)c3ccccc3)CCCC2)N=N1. The lowest BCUT2D eigenvalue weighted by Crippen LogP contribution is -2.52. The van der Waals surface area contributed by atoms with E-state index >= 15 is 0 Å². The van der Waals surface area contributed by atoms with E-state index in [2.05, 4.69) is 58.0 Å². The zero-order chi connectivity index (χ0) is 19.2. The van der Waals surface area contributed by atoms with Crippen LogP contribution in [0, 0.1) is 12.3 Å². The molecule has 1 saturated carbocycles. The average molecular weight is 367 g/mol. The maximum absolute atomic E-state index is 12.4. The number of benzene rings is 1. The van der Waals surface area contributed by atoms with Gasteiger partial charge in [-0.05, 0) is 25.3 Å². The lowest BCUT2D eigenvalue weighted by molar-refractivity contribution is -0.121. The second kappa shape index (κ2) is 8.67. The molecule has 0 radical (unpaired) electrons. The van der Waals surface area contributed by atoms with Crippen LogP contribution in [0.15, 0.2) is 40.6 Å². The fraction of sp³-hybridized carbons (Fsp3) is 0.591. The van der Waals surface area contributed by atoms with Gasteiger partial charge in [0.2, 0.25) is 5.91 Å². The summed E-state index contributed by atoms with van der Waals surface area (Å²) in [6.45, 7) is 2.87. The molecule has 1 fully saturated rings. The summed E-state index contributed by atoms with van der Waals surface area (Å²) in [5.74, 6) is 2.70. The first kappa shape index (κ1) is 19.6. The third-order valence-electron chi connectivity index (χ3n) is 5.81. The first-order chi connectivity index (χ1) is 13.1. The van der Waals surface area contributed by atoms with Crippen molar-refractivity contribution in [2.45, 2.75) is 75.5 Å². The largest absolute Gasteiger partial charge is 0.354 e. The number of amides is 1. The summed E-state index contributed by atoms with van der Waals surface area (Å²) in [4.78, 5) is 12.4. The van der Waals surface area contributed by atoms with Gasteiger partial charge in [0, 0.05) is 43.8 Å². The number of nitrogens with one attached hydrogen (secondary N) is 2. The Hall–Kier alpha value is -2.19. The van der Waals surface area contributed by atoms with Gasteiger partial charge in [-0.1, -0.05) is 43.2 Å². The van der Waals surface area contributed by atoms with E-state index in [-0.39, 0.29) is 23.2 Å². The fourth-order valence-corrected chi connectivity index (χ4v) is 4.05. The van der Waals surface area contributed by atoms with E-state index < -0.39 is 0 Å². The van der Waals surface area contributed by atoms with E-state index in [0.717, 1.165) is 19.3 Å². The molecule has 1 aromatic rings. The molecule has 1 unspecified atom stereocenters. The Morgan fingerprint density at radius 2 is 1.93 bits per heavy atom.